The Hall–Kier alpha value is -1.29. The quantitative estimate of drug-likeness (QED) is 0.636. The third-order valence-corrected chi connectivity index (χ3v) is 4.03. The second-order valence-corrected chi connectivity index (χ2v) is 5.65. The second-order valence-electron chi connectivity index (χ2n) is 4.45. The van der Waals surface area contributed by atoms with Crippen molar-refractivity contribution in [2.24, 2.45) is 0 Å². The molecule has 3 nitrogen and oxygen atoms in total. The zero-order chi connectivity index (χ0) is 14.3. The summed E-state index contributed by atoms with van der Waals surface area (Å²) in [5.74, 6) is 0.853. The van der Waals surface area contributed by atoms with E-state index < -0.39 is 0 Å². The van der Waals surface area contributed by atoms with E-state index in [1.807, 2.05) is 23.6 Å². The highest BCUT2D eigenvalue weighted by molar-refractivity contribution is 6.34. The molecule has 0 bridgehead atoms. The van der Waals surface area contributed by atoms with Crippen LogP contribution in [0.1, 0.15) is 11.4 Å². The largest absolute Gasteiger partial charge is 0.324 e. The van der Waals surface area contributed by atoms with Crippen LogP contribution in [0.5, 0.6) is 0 Å². The topological polar surface area (TPSA) is 30.7 Å². The van der Waals surface area contributed by atoms with Gasteiger partial charge in [0, 0.05) is 16.2 Å². The van der Waals surface area contributed by atoms with Crippen LogP contribution in [0.3, 0.4) is 0 Å². The van der Waals surface area contributed by atoms with Crippen LogP contribution < -0.4 is 0 Å². The standard InChI is InChI=1S/C14H10Cl3N3/c1-8-19-13-12(4-5-18-14(13)17)20(8)7-9-6-10(15)2-3-11(9)16/h2-6H,7H2,1H3. The molecule has 0 N–H and O–H groups in total. The zero-order valence-corrected chi connectivity index (χ0v) is 12.8. The summed E-state index contributed by atoms with van der Waals surface area (Å²) in [6.45, 7) is 2.51. The molecular weight excluding hydrogens is 317 g/mol. The Morgan fingerprint density at radius 1 is 1.15 bits per heavy atom. The van der Waals surface area contributed by atoms with Gasteiger partial charge in [-0.2, -0.15) is 0 Å². The van der Waals surface area contributed by atoms with Crippen molar-refractivity contribution in [1.82, 2.24) is 14.5 Å². The van der Waals surface area contributed by atoms with Crippen molar-refractivity contribution in [2.45, 2.75) is 13.5 Å². The molecule has 0 amide bonds. The molecule has 102 valence electrons. The van der Waals surface area contributed by atoms with Gasteiger partial charge >= 0.3 is 0 Å². The van der Waals surface area contributed by atoms with Crippen molar-refractivity contribution in [3.63, 3.8) is 0 Å². The molecule has 0 spiro atoms. The molecule has 0 aliphatic rings. The summed E-state index contributed by atoms with van der Waals surface area (Å²) in [7, 11) is 0. The van der Waals surface area contributed by atoms with Crippen LogP contribution in [0.4, 0.5) is 0 Å². The number of fused-ring (bicyclic) bond motifs is 1. The SMILES string of the molecule is Cc1nc2c(Cl)nccc2n1Cc1cc(Cl)ccc1Cl. The van der Waals surface area contributed by atoms with E-state index in [0.29, 0.717) is 27.3 Å². The van der Waals surface area contributed by atoms with Gasteiger partial charge in [0.2, 0.25) is 0 Å². The van der Waals surface area contributed by atoms with Gasteiger partial charge in [-0.15, -0.1) is 0 Å². The van der Waals surface area contributed by atoms with Gasteiger partial charge < -0.3 is 4.57 Å². The average Bonchev–Trinajstić information content (AvgIpc) is 2.73. The molecule has 3 aromatic rings. The summed E-state index contributed by atoms with van der Waals surface area (Å²) in [5, 5.41) is 1.74. The van der Waals surface area contributed by atoms with Crippen molar-refractivity contribution in [1.29, 1.82) is 0 Å². The van der Waals surface area contributed by atoms with Crippen molar-refractivity contribution < 1.29 is 0 Å². The molecule has 0 atom stereocenters. The summed E-state index contributed by atoms with van der Waals surface area (Å²) >= 11 is 18.3. The number of hydrogen-bond donors (Lipinski definition) is 0. The van der Waals surface area contributed by atoms with Gasteiger partial charge in [-0.3, -0.25) is 0 Å². The van der Waals surface area contributed by atoms with Crippen LogP contribution in [-0.2, 0) is 6.54 Å². The molecule has 1 aromatic carbocycles. The monoisotopic (exact) mass is 325 g/mol. The van der Waals surface area contributed by atoms with Gasteiger partial charge in [0.15, 0.2) is 5.15 Å². The van der Waals surface area contributed by atoms with Crippen LogP contribution in [0.25, 0.3) is 11.0 Å². The maximum atomic E-state index is 6.22. The number of pyridine rings is 1. The van der Waals surface area contributed by atoms with Crippen molar-refractivity contribution in [2.75, 3.05) is 0 Å². The fourth-order valence-corrected chi connectivity index (χ4v) is 2.74. The lowest BCUT2D eigenvalue weighted by Gasteiger charge is -2.09. The molecule has 3 rings (SSSR count). The number of aromatic nitrogens is 3. The van der Waals surface area contributed by atoms with Gasteiger partial charge in [0.05, 0.1) is 12.1 Å². The number of hydrogen-bond acceptors (Lipinski definition) is 2. The van der Waals surface area contributed by atoms with Crippen LogP contribution in [0.2, 0.25) is 15.2 Å². The third-order valence-electron chi connectivity index (χ3n) is 3.15. The van der Waals surface area contributed by atoms with Crippen LogP contribution in [0.15, 0.2) is 30.5 Å². The predicted octanol–water partition coefficient (Wildman–Crippen LogP) is 4.75. The van der Waals surface area contributed by atoms with Gasteiger partial charge in [0.1, 0.15) is 11.3 Å². The summed E-state index contributed by atoms with van der Waals surface area (Å²) in [5.41, 5.74) is 2.57. The van der Waals surface area contributed by atoms with E-state index in [1.54, 1.807) is 18.3 Å². The van der Waals surface area contributed by atoms with E-state index in [-0.39, 0.29) is 0 Å². The van der Waals surface area contributed by atoms with E-state index in [4.69, 9.17) is 34.8 Å². The Balaban J connectivity index is 2.13. The molecule has 2 aromatic heterocycles. The fraction of sp³-hybridized carbons (Fsp3) is 0.143. The smallest absolute Gasteiger partial charge is 0.156 e. The number of nitrogens with zero attached hydrogens (tertiary/aromatic N) is 3. The average molecular weight is 327 g/mol. The first-order chi connectivity index (χ1) is 9.56. The summed E-state index contributed by atoms with van der Waals surface area (Å²) < 4.78 is 2.04. The van der Waals surface area contributed by atoms with E-state index >= 15 is 0 Å². The lowest BCUT2D eigenvalue weighted by Crippen LogP contribution is -2.02. The van der Waals surface area contributed by atoms with Crippen molar-refractivity contribution in [3.8, 4) is 0 Å². The summed E-state index contributed by atoms with van der Waals surface area (Å²) in [4.78, 5) is 8.50. The minimum atomic E-state index is 0.404. The Morgan fingerprint density at radius 3 is 2.75 bits per heavy atom. The molecule has 0 aliphatic heterocycles. The Labute approximate surface area is 131 Å². The molecule has 0 saturated heterocycles. The number of rotatable bonds is 2. The van der Waals surface area contributed by atoms with Crippen LogP contribution in [-0.4, -0.2) is 14.5 Å². The lowest BCUT2D eigenvalue weighted by molar-refractivity contribution is 0.786. The van der Waals surface area contributed by atoms with E-state index in [1.165, 1.54) is 0 Å². The zero-order valence-electron chi connectivity index (χ0n) is 10.6. The van der Waals surface area contributed by atoms with Gasteiger partial charge in [-0.1, -0.05) is 34.8 Å². The van der Waals surface area contributed by atoms with Gasteiger partial charge in [0.25, 0.3) is 0 Å². The molecule has 0 unspecified atom stereocenters. The molecule has 0 fully saturated rings. The number of halogens is 3. The maximum Gasteiger partial charge on any atom is 0.156 e. The van der Waals surface area contributed by atoms with E-state index in [2.05, 4.69) is 9.97 Å². The summed E-state index contributed by atoms with van der Waals surface area (Å²) in [6, 6.07) is 7.31. The highest BCUT2D eigenvalue weighted by Crippen LogP contribution is 2.26. The molecule has 20 heavy (non-hydrogen) atoms. The second kappa shape index (κ2) is 5.24. The first-order valence-electron chi connectivity index (χ1n) is 5.97. The predicted molar refractivity (Wildman–Crippen MR) is 82.8 cm³/mol. The minimum absolute atomic E-state index is 0.404. The van der Waals surface area contributed by atoms with E-state index in [9.17, 15) is 0 Å². The van der Waals surface area contributed by atoms with Crippen LogP contribution in [0, 0.1) is 6.92 Å². The molecule has 0 radical (unpaired) electrons. The Morgan fingerprint density at radius 2 is 1.95 bits per heavy atom. The first kappa shape index (κ1) is 13.7. The molecule has 2 heterocycles. The van der Waals surface area contributed by atoms with Gasteiger partial charge in [-0.25, -0.2) is 9.97 Å². The first-order valence-corrected chi connectivity index (χ1v) is 7.11. The number of aryl methyl sites for hydroxylation is 1. The molecule has 0 aliphatic carbocycles. The summed E-state index contributed by atoms with van der Waals surface area (Å²) in [6.07, 6.45) is 1.67. The number of imidazole rings is 1. The number of benzene rings is 1. The normalized spacial score (nSPS) is 11.2. The van der Waals surface area contributed by atoms with E-state index in [0.717, 1.165) is 16.9 Å². The highest BCUT2D eigenvalue weighted by Gasteiger charge is 2.12. The minimum Gasteiger partial charge on any atom is -0.324 e. The maximum absolute atomic E-state index is 6.22. The fourth-order valence-electron chi connectivity index (χ4n) is 2.17. The van der Waals surface area contributed by atoms with Crippen molar-refractivity contribution in [3.05, 3.63) is 57.0 Å². The Bertz CT molecular complexity index is 796. The van der Waals surface area contributed by atoms with Crippen LogP contribution >= 0.6 is 34.8 Å². The Kier molecular flexibility index (Phi) is 3.59. The van der Waals surface area contributed by atoms with Crippen molar-refractivity contribution >= 4 is 45.8 Å². The third kappa shape index (κ3) is 2.37. The lowest BCUT2D eigenvalue weighted by atomic mass is 10.2. The molecular formula is C14H10Cl3N3. The highest BCUT2D eigenvalue weighted by atomic mass is 35.5. The molecule has 0 saturated carbocycles. The molecule has 6 heteroatoms. The van der Waals surface area contributed by atoms with Gasteiger partial charge in [-0.05, 0) is 36.8 Å².